The number of unbranched alkanes of at least 4 members (excludes halogenated alkanes) is 4. The van der Waals surface area contributed by atoms with Gasteiger partial charge in [0.1, 0.15) is 5.85 Å². The number of rotatable bonds is 8. The third kappa shape index (κ3) is 6.75. The Balaban J connectivity index is 3.12. The van der Waals surface area contributed by atoms with E-state index in [1.807, 2.05) is 0 Å². The van der Waals surface area contributed by atoms with E-state index in [0.29, 0.717) is 0 Å². The van der Waals surface area contributed by atoms with E-state index in [1.165, 1.54) is 25.7 Å². The first-order valence-corrected chi connectivity index (χ1v) is 5.58. The van der Waals surface area contributed by atoms with Crippen LogP contribution < -0.4 is 0 Å². The lowest BCUT2D eigenvalue weighted by Gasteiger charge is -2.05. The fourth-order valence-electron chi connectivity index (χ4n) is 1.14. The van der Waals surface area contributed by atoms with E-state index >= 15 is 0 Å². The van der Waals surface area contributed by atoms with Gasteiger partial charge in [-0.15, -0.1) is 0 Å². The van der Waals surface area contributed by atoms with Crippen LogP contribution in [0.3, 0.4) is 0 Å². The van der Waals surface area contributed by atoms with Gasteiger partial charge in [-0.3, -0.25) is 4.57 Å². The van der Waals surface area contributed by atoms with Crippen molar-refractivity contribution in [1.82, 2.24) is 0 Å². The van der Waals surface area contributed by atoms with Gasteiger partial charge in [0, 0.05) is 7.11 Å². The lowest BCUT2D eigenvalue weighted by atomic mass is 10.1. The van der Waals surface area contributed by atoms with Crippen LogP contribution in [0.5, 0.6) is 0 Å². The Bertz CT molecular complexity index is 107. The Labute approximate surface area is 76.9 Å². The molecule has 0 amide bonds. The summed E-state index contributed by atoms with van der Waals surface area (Å²) in [6.07, 6.45) is 7.17. The normalized spacial score (nSPS) is 13.5. The second-order valence-corrected chi connectivity index (χ2v) is 3.79. The topological polar surface area (TPSA) is 26.3 Å². The van der Waals surface area contributed by atoms with Gasteiger partial charge in [0.25, 0.3) is 0 Å². The molecule has 3 heteroatoms. The molecule has 0 saturated carbocycles. The molecule has 0 aliphatic carbocycles. The Kier molecular flexibility index (Phi) is 9.20. The van der Waals surface area contributed by atoms with Gasteiger partial charge in [0.2, 0.25) is 0 Å². The lowest BCUT2D eigenvalue weighted by molar-refractivity contribution is 0.158. The summed E-state index contributed by atoms with van der Waals surface area (Å²) in [5.74, 6) is -0.0772. The second-order valence-electron chi connectivity index (χ2n) is 3.00. The maximum absolute atomic E-state index is 10.4. The Hall–Kier alpha value is 0.0600. The van der Waals surface area contributed by atoms with Gasteiger partial charge in [-0.1, -0.05) is 39.0 Å². The lowest BCUT2D eigenvalue weighted by Crippen LogP contribution is -2.00. The van der Waals surface area contributed by atoms with Gasteiger partial charge in [0.15, 0.2) is 8.46 Å². The van der Waals surface area contributed by atoms with Crippen molar-refractivity contribution in [3.63, 3.8) is 0 Å². The van der Waals surface area contributed by atoms with Crippen LogP contribution in [0, 0.1) is 0 Å². The average Bonchev–Trinajstić information content (AvgIpc) is 2.11. The minimum absolute atomic E-state index is 0.0772. The van der Waals surface area contributed by atoms with Crippen LogP contribution >= 0.6 is 8.46 Å². The first kappa shape index (κ1) is 12.1. The maximum atomic E-state index is 10.4. The zero-order chi connectivity index (χ0) is 9.23. The fraction of sp³-hybridized carbons (Fsp3) is 1.00. The van der Waals surface area contributed by atoms with Crippen LogP contribution in [0.4, 0.5) is 0 Å². The highest BCUT2D eigenvalue weighted by Gasteiger charge is 2.04. The molecule has 0 radical (unpaired) electrons. The van der Waals surface area contributed by atoms with Gasteiger partial charge in [-0.2, -0.15) is 0 Å². The monoisotopic (exact) mass is 190 g/mol. The van der Waals surface area contributed by atoms with Crippen molar-refractivity contribution in [1.29, 1.82) is 0 Å². The van der Waals surface area contributed by atoms with E-state index in [9.17, 15) is 4.57 Å². The molecule has 0 aromatic carbocycles. The predicted molar refractivity (Wildman–Crippen MR) is 51.8 cm³/mol. The van der Waals surface area contributed by atoms with Crippen molar-refractivity contribution in [2.45, 2.75) is 51.3 Å². The van der Waals surface area contributed by atoms with E-state index in [4.69, 9.17) is 4.74 Å². The summed E-state index contributed by atoms with van der Waals surface area (Å²) in [5.41, 5.74) is 0. The highest BCUT2D eigenvalue weighted by molar-refractivity contribution is 7.24. The predicted octanol–water partition coefficient (Wildman–Crippen LogP) is 3.61. The minimum atomic E-state index is -0.0772. The third-order valence-corrected chi connectivity index (χ3v) is 2.65. The van der Waals surface area contributed by atoms with E-state index in [0.717, 1.165) is 12.8 Å². The first-order chi connectivity index (χ1) is 5.85. The van der Waals surface area contributed by atoms with Crippen molar-refractivity contribution >= 4 is 8.46 Å². The molecular weight excluding hydrogens is 171 g/mol. The standard InChI is InChI=1S/C9H19O2P/c1-3-4-5-6-7-8-9(11-2)12-10/h9H,3-8H2,1-2H3. The Morgan fingerprint density at radius 3 is 2.42 bits per heavy atom. The summed E-state index contributed by atoms with van der Waals surface area (Å²) in [7, 11) is 1.74. The highest BCUT2D eigenvalue weighted by atomic mass is 31.1. The van der Waals surface area contributed by atoms with Crippen LogP contribution in [0.2, 0.25) is 0 Å². The molecule has 0 aromatic heterocycles. The molecule has 0 bridgehead atoms. The van der Waals surface area contributed by atoms with Crippen molar-refractivity contribution in [3.05, 3.63) is 0 Å². The molecule has 0 aromatic rings. The molecule has 1 unspecified atom stereocenters. The third-order valence-electron chi connectivity index (χ3n) is 1.94. The van der Waals surface area contributed by atoms with Gasteiger partial charge >= 0.3 is 0 Å². The van der Waals surface area contributed by atoms with E-state index < -0.39 is 0 Å². The highest BCUT2D eigenvalue weighted by Crippen LogP contribution is 2.16. The molecular formula is C9H19O2P. The zero-order valence-corrected chi connectivity index (χ0v) is 8.98. The van der Waals surface area contributed by atoms with E-state index in [2.05, 4.69) is 6.92 Å². The zero-order valence-electron chi connectivity index (χ0n) is 8.08. The second kappa shape index (κ2) is 9.15. The molecule has 0 N–H and O–H groups in total. The van der Waals surface area contributed by atoms with Gasteiger partial charge < -0.3 is 4.74 Å². The minimum Gasteiger partial charge on any atom is -0.369 e. The van der Waals surface area contributed by atoms with Crippen LogP contribution in [-0.4, -0.2) is 13.0 Å². The molecule has 72 valence electrons. The average molecular weight is 190 g/mol. The summed E-state index contributed by atoms with van der Waals surface area (Å²) < 4.78 is 15.4. The van der Waals surface area contributed by atoms with Crippen LogP contribution in [0.25, 0.3) is 0 Å². The SMILES string of the molecule is CCCCCCCC(OC)P=O. The quantitative estimate of drug-likeness (QED) is 0.431. The molecule has 2 nitrogen and oxygen atoms in total. The van der Waals surface area contributed by atoms with Crippen LogP contribution in [0.15, 0.2) is 0 Å². The molecule has 0 aliphatic heterocycles. The summed E-state index contributed by atoms with van der Waals surface area (Å²) in [5, 5.41) is 0. The van der Waals surface area contributed by atoms with Crippen LogP contribution in [-0.2, 0) is 9.30 Å². The summed E-state index contributed by atoms with van der Waals surface area (Å²) in [6, 6.07) is 0. The summed E-state index contributed by atoms with van der Waals surface area (Å²) in [6.45, 7) is 2.20. The van der Waals surface area contributed by atoms with Crippen LogP contribution in [0.1, 0.15) is 45.4 Å². The first-order valence-electron chi connectivity index (χ1n) is 4.70. The number of ether oxygens (including phenoxy) is 1. The van der Waals surface area contributed by atoms with Crippen molar-refractivity contribution in [3.8, 4) is 0 Å². The Morgan fingerprint density at radius 2 is 1.92 bits per heavy atom. The van der Waals surface area contributed by atoms with E-state index in [-0.39, 0.29) is 14.3 Å². The number of methoxy groups -OCH3 is 1. The smallest absolute Gasteiger partial charge is 0.187 e. The Morgan fingerprint density at radius 1 is 1.25 bits per heavy atom. The van der Waals surface area contributed by atoms with Gasteiger partial charge in [-0.05, 0) is 6.42 Å². The molecule has 0 rings (SSSR count). The largest absolute Gasteiger partial charge is 0.369 e. The fourth-order valence-corrected chi connectivity index (χ4v) is 1.51. The van der Waals surface area contributed by atoms with E-state index in [1.54, 1.807) is 7.11 Å². The van der Waals surface area contributed by atoms with Gasteiger partial charge in [-0.25, -0.2) is 0 Å². The molecule has 1 atom stereocenters. The number of hydrogen-bond acceptors (Lipinski definition) is 2. The molecule has 0 spiro atoms. The summed E-state index contributed by atoms with van der Waals surface area (Å²) in [4.78, 5) is 0. The molecule has 0 saturated heterocycles. The van der Waals surface area contributed by atoms with Crippen molar-refractivity contribution in [2.24, 2.45) is 0 Å². The van der Waals surface area contributed by atoms with Crippen molar-refractivity contribution in [2.75, 3.05) is 7.11 Å². The molecule has 0 aliphatic rings. The molecule has 0 fully saturated rings. The number of hydrogen-bond donors (Lipinski definition) is 0. The summed E-state index contributed by atoms with van der Waals surface area (Å²) >= 11 is 0. The van der Waals surface area contributed by atoms with Crippen molar-refractivity contribution < 1.29 is 9.30 Å². The molecule has 0 heterocycles. The maximum Gasteiger partial charge on any atom is 0.187 e. The van der Waals surface area contributed by atoms with Gasteiger partial charge in [0.05, 0.1) is 0 Å². The molecule has 12 heavy (non-hydrogen) atoms.